The van der Waals surface area contributed by atoms with Crippen molar-refractivity contribution in [2.45, 2.75) is 46.5 Å². The number of carbonyl (C=O) groups excluding carboxylic acids is 4. The number of esters is 4. The lowest BCUT2D eigenvalue weighted by Gasteiger charge is -2.30. The second-order valence-corrected chi connectivity index (χ2v) is 11.1. The number of methoxy groups -OCH3 is 3. The minimum Gasteiger partial charge on any atom is -0.466 e. The van der Waals surface area contributed by atoms with Gasteiger partial charge in [0.05, 0.1) is 71.9 Å². The minimum atomic E-state index is -0.970. The Morgan fingerprint density at radius 2 is 1.10 bits per heavy atom. The first-order valence-corrected chi connectivity index (χ1v) is 15.4. The number of para-hydroxylation sites is 1. The van der Waals surface area contributed by atoms with Crippen molar-refractivity contribution in [3.05, 3.63) is 125 Å². The van der Waals surface area contributed by atoms with Gasteiger partial charge < -0.3 is 29.6 Å². The molecular weight excluding hydrogens is 668 g/mol. The van der Waals surface area contributed by atoms with Crippen molar-refractivity contribution in [1.82, 2.24) is 10.6 Å². The number of nitro benzene ring substituents is 2. The highest BCUT2D eigenvalue weighted by molar-refractivity contribution is 6.01. The third kappa shape index (κ3) is 8.29. The summed E-state index contributed by atoms with van der Waals surface area (Å²) >= 11 is 0. The van der Waals surface area contributed by atoms with E-state index in [9.17, 15) is 39.4 Å². The molecule has 0 amide bonds. The van der Waals surface area contributed by atoms with Gasteiger partial charge in [0, 0.05) is 46.6 Å². The molecule has 2 aliphatic rings. The zero-order chi connectivity index (χ0) is 38.2. The standard InChI is InChI=1S/C18H20N2O6.C17H18N2O6/c1-5-26-18(22)15-11(3)19-10(2)14(17(21)25-4)16(15)12-7-6-8-13(9-12)20(23)24;1-9-13(16(20)24-3)15(14(10(2)18-9)17(21)25-4)11-7-5-6-8-12(11)19(22)23/h6-9,16,19H,5H2,1-4H3;5-8,15,18H,1-4H3. The number of nitrogens with zero attached hydrogens (tertiary/aromatic N) is 2. The molecule has 270 valence electrons. The Kier molecular flexibility index (Phi) is 12.9. The first-order chi connectivity index (χ1) is 24.1. The van der Waals surface area contributed by atoms with E-state index in [1.807, 2.05) is 0 Å². The summed E-state index contributed by atoms with van der Waals surface area (Å²) in [6, 6.07) is 11.8. The van der Waals surface area contributed by atoms with E-state index in [1.165, 1.54) is 57.7 Å². The summed E-state index contributed by atoms with van der Waals surface area (Å²) in [5.74, 6) is -4.38. The van der Waals surface area contributed by atoms with Gasteiger partial charge >= 0.3 is 23.9 Å². The van der Waals surface area contributed by atoms with Gasteiger partial charge in [-0.1, -0.05) is 30.3 Å². The molecule has 1 atom stereocenters. The largest absolute Gasteiger partial charge is 0.466 e. The lowest BCUT2D eigenvalue weighted by molar-refractivity contribution is -0.385. The molecule has 2 heterocycles. The quantitative estimate of drug-likeness (QED) is 0.156. The summed E-state index contributed by atoms with van der Waals surface area (Å²) in [6.07, 6.45) is 0. The van der Waals surface area contributed by atoms with Crippen LogP contribution >= 0.6 is 0 Å². The van der Waals surface area contributed by atoms with Gasteiger partial charge in [-0.05, 0) is 40.2 Å². The molecule has 51 heavy (non-hydrogen) atoms. The monoisotopic (exact) mass is 706 g/mol. The minimum absolute atomic E-state index is 0.128. The summed E-state index contributed by atoms with van der Waals surface area (Å²) in [4.78, 5) is 71.1. The Hall–Kier alpha value is -6.32. The fourth-order valence-electron chi connectivity index (χ4n) is 5.97. The molecule has 2 aliphatic heterocycles. The Labute approximate surface area is 293 Å². The molecule has 2 aromatic rings. The number of non-ortho nitro benzene ring substituents is 1. The van der Waals surface area contributed by atoms with Crippen molar-refractivity contribution in [3.8, 4) is 0 Å². The van der Waals surface area contributed by atoms with Crippen LogP contribution in [0.25, 0.3) is 0 Å². The molecular formula is C35H38N4O12. The fourth-order valence-corrected chi connectivity index (χ4v) is 5.97. The summed E-state index contributed by atoms with van der Waals surface area (Å²) < 4.78 is 19.7. The number of nitrogens with one attached hydrogen (secondary N) is 2. The van der Waals surface area contributed by atoms with E-state index in [4.69, 9.17) is 18.9 Å². The van der Waals surface area contributed by atoms with Crippen molar-refractivity contribution in [2.24, 2.45) is 0 Å². The van der Waals surface area contributed by atoms with Gasteiger partial charge in [0.15, 0.2) is 0 Å². The van der Waals surface area contributed by atoms with Crippen molar-refractivity contribution >= 4 is 35.3 Å². The van der Waals surface area contributed by atoms with E-state index >= 15 is 0 Å². The molecule has 0 saturated carbocycles. The molecule has 0 aliphatic carbocycles. The van der Waals surface area contributed by atoms with Crippen LogP contribution in [-0.4, -0.2) is 61.7 Å². The number of nitro groups is 2. The first-order valence-electron chi connectivity index (χ1n) is 15.4. The van der Waals surface area contributed by atoms with Crippen LogP contribution in [0.2, 0.25) is 0 Å². The average molecular weight is 707 g/mol. The third-order valence-electron chi connectivity index (χ3n) is 8.09. The van der Waals surface area contributed by atoms with Crippen LogP contribution in [0.5, 0.6) is 0 Å². The van der Waals surface area contributed by atoms with E-state index in [1.54, 1.807) is 46.8 Å². The highest BCUT2D eigenvalue weighted by Crippen LogP contribution is 2.43. The van der Waals surface area contributed by atoms with E-state index in [2.05, 4.69) is 10.6 Å². The lowest BCUT2D eigenvalue weighted by atomic mass is 9.79. The summed E-state index contributed by atoms with van der Waals surface area (Å²) in [6.45, 7) is 8.50. The Morgan fingerprint density at radius 1 is 0.647 bits per heavy atom. The molecule has 0 spiro atoms. The van der Waals surface area contributed by atoms with E-state index in [0.717, 1.165) is 0 Å². The second-order valence-electron chi connectivity index (χ2n) is 11.1. The molecule has 4 rings (SSSR count). The van der Waals surface area contributed by atoms with Gasteiger partial charge in [0.1, 0.15) is 0 Å². The van der Waals surface area contributed by atoms with Crippen molar-refractivity contribution in [2.75, 3.05) is 27.9 Å². The van der Waals surface area contributed by atoms with Crippen molar-refractivity contribution in [3.63, 3.8) is 0 Å². The maximum Gasteiger partial charge on any atom is 0.336 e. The van der Waals surface area contributed by atoms with Gasteiger partial charge in [0.25, 0.3) is 11.4 Å². The SMILES string of the molecule is CCOC(=O)C1=C(C)NC(C)=C(C(=O)OC)C1c1cccc([N+](=O)[O-])c1.COC(=O)C1=C(C)NC(C)=C(C(=O)OC)C1c1ccccc1[N+](=O)[O-]. The van der Waals surface area contributed by atoms with Crippen LogP contribution in [0.15, 0.2) is 93.6 Å². The Balaban J connectivity index is 0.000000276. The molecule has 0 bridgehead atoms. The molecule has 0 saturated heterocycles. The fraction of sp³-hybridized carbons (Fsp3) is 0.314. The van der Waals surface area contributed by atoms with E-state index in [0.29, 0.717) is 28.4 Å². The molecule has 0 fully saturated rings. The highest BCUT2D eigenvalue weighted by atomic mass is 16.6. The van der Waals surface area contributed by atoms with Gasteiger partial charge in [-0.15, -0.1) is 0 Å². The zero-order valence-electron chi connectivity index (χ0n) is 29.3. The molecule has 0 radical (unpaired) electrons. The van der Waals surface area contributed by atoms with Gasteiger partial charge in [0.2, 0.25) is 0 Å². The topological polar surface area (TPSA) is 216 Å². The molecule has 16 nitrogen and oxygen atoms in total. The summed E-state index contributed by atoms with van der Waals surface area (Å²) in [7, 11) is 3.66. The van der Waals surface area contributed by atoms with Gasteiger partial charge in [-0.2, -0.15) is 0 Å². The maximum atomic E-state index is 12.5. The summed E-state index contributed by atoms with van der Waals surface area (Å²) in [5, 5.41) is 28.5. The molecule has 0 aromatic heterocycles. The Bertz CT molecular complexity index is 1870. The molecule has 2 N–H and O–H groups in total. The van der Waals surface area contributed by atoms with Crippen LogP contribution < -0.4 is 10.6 Å². The number of carbonyl (C=O) groups is 4. The van der Waals surface area contributed by atoms with Crippen molar-refractivity contribution in [1.29, 1.82) is 0 Å². The molecule has 1 unspecified atom stereocenters. The number of hydrogen-bond donors (Lipinski definition) is 2. The second kappa shape index (κ2) is 16.9. The van der Waals surface area contributed by atoms with Gasteiger partial charge in [-0.25, -0.2) is 19.2 Å². The first kappa shape index (κ1) is 39.1. The van der Waals surface area contributed by atoms with Crippen LogP contribution in [0.1, 0.15) is 57.6 Å². The van der Waals surface area contributed by atoms with Crippen LogP contribution in [-0.2, 0) is 38.1 Å². The van der Waals surface area contributed by atoms with E-state index < -0.39 is 45.6 Å². The predicted octanol–water partition coefficient (Wildman–Crippen LogP) is 4.74. The smallest absolute Gasteiger partial charge is 0.336 e. The normalized spacial score (nSPS) is 15.9. The van der Waals surface area contributed by atoms with Crippen molar-refractivity contribution < 1.29 is 48.0 Å². The predicted molar refractivity (Wildman–Crippen MR) is 181 cm³/mol. The molecule has 16 heteroatoms. The Morgan fingerprint density at radius 3 is 1.53 bits per heavy atom. The van der Waals surface area contributed by atoms with Crippen LogP contribution in [0, 0.1) is 20.2 Å². The number of ether oxygens (including phenoxy) is 4. The number of allylic oxidation sites excluding steroid dienone is 4. The molecule has 2 aromatic carbocycles. The zero-order valence-corrected chi connectivity index (χ0v) is 29.3. The summed E-state index contributed by atoms with van der Waals surface area (Å²) in [5.41, 5.74) is 2.95. The number of dihydropyridines is 2. The number of hydrogen-bond acceptors (Lipinski definition) is 14. The number of rotatable bonds is 9. The van der Waals surface area contributed by atoms with Crippen LogP contribution in [0.3, 0.4) is 0 Å². The van der Waals surface area contributed by atoms with Crippen LogP contribution in [0.4, 0.5) is 11.4 Å². The number of benzene rings is 2. The third-order valence-corrected chi connectivity index (χ3v) is 8.09. The average Bonchev–Trinajstić information content (AvgIpc) is 3.10. The maximum absolute atomic E-state index is 12.5. The van der Waals surface area contributed by atoms with E-state index in [-0.39, 0.29) is 45.8 Å². The highest BCUT2D eigenvalue weighted by Gasteiger charge is 2.41. The van der Waals surface area contributed by atoms with Gasteiger partial charge in [-0.3, -0.25) is 20.2 Å². The lowest BCUT2D eigenvalue weighted by Crippen LogP contribution is -2.32.